The van der Waals surface area contributed by atoms with Crippen molar-refractivity contribution < 1.29 is 9.53 Å². The fourth-order valence-electron chi connectivity index (χ4n) is 3.51. The standard InChI is InChI=1S/C21H28N2O2S/c1-25-19-8-6-18(7-9-19)20(23-12-3-2-4-13-23)15-22-21(24)10-5-17-11-14-26-16-17/h6-9,11,14,16,20H,2-5,10,12-13,15H2,1H3,(H,22,24). The monoisotopic (exact) mass is 372 g/mol. The lowest BCUT2D eigenvalue weighted by molar-refractivity contribution is -0.121. The van der Waals surface area contributed by atoms with Crippen molar-refractivity contribution in [2.24, 2.45) is 0 Å². The first kappa shape index (κ1) is 18.9. The molecule has 1 atom stereocenters. The van der Waals surface area contributed by atoms with Crippen LogP contribution in [-0.4, -0.2) is 37.6 Å². The lowest BCUT2D eigenvalue weighted by Crippen LogP contribution is -2.40. The van der Waals surface area contributed by atoms with Gasteiger partial charge >= 0.3 is 0 Å². The molecule has 1 amide bonds. The van der Waals surface area contributed by atoms with Crippen LogP contribution < -0.4 is 10.1 Å². The van der Waals surface area contributed by atoms with Crippen molar-refractivity contribution in [2.75, 3.05) is 26.7 Å². The van der Waals surface area contributed by atoms with Gasteiger partial charge in [0.25, 0.3) is 0 Å². The molecule has 2 aromatic rings. The summed E-state index contributed by atoms with van der Waals surface area (Å²) in [6, 6.07) is 10.6. The Morgan fingerprint density at radius 3 is 2.62 bits per heavy atom. The maximum atomic E-state index is 12.3. The van der Waals surface area contributed by atoms with Crippen LogP contribution in [0.2, 0.25) is 0 Å². The van der Waals surface area contributed by atoms with Gasteiger partial charge in [0.05, 0.1) is 13.2 Å². The number of amides is 1. The lowest BCUT2D eigenvalue weighted by Gasteiger charge is -2.35. The molecule has 0 bridgehead atoms. The van der Waals surface area contributed by atoms with Crippen molar-refractivity contribution in [2.45, 2.75) is 38.1 Å². The highest BCUT2D eigenvalue weighted by Gasteiger charge is 2.22. The van der Waals surface area contributed by atoms with E-state index in [1.54, 1.807) is 18.4 Å². The molecule has 2 heterocycles. The number of hydrogen-bond donors (Lipinski definition) is 1. The second kappa shape index (κ2) is 9.74. The summed E-state index contributed by atoms with van der Waals surface area (Å²) in [5, 5.41) is 7.33. The molecule has 1 N–H and O–H groups in total. The molecule has 0 radical (unpaired) electrons. The summed E-state index contributed by atoms with van der Waals surface area (Å²) in [4.78, 5) is 14.8. The van der Waals surface area contributed by atoms with Crippen LogP contribution in [0.1, 0.15) is 42.9 Å². The number of carbonyl (C=O) groups is 1. The number of likely N-dealkylation sites (tertiary alicyclic amines) is 1. The molecule has 0 spiro atoms. The molecule has 0 saturated carbocycles. The quantitative estimate of drug-likeness (QED) is 0.761. The Bertz CT molecular complexity index is 664. The van der Waals surface area contributed by atoms with Gasteiger partial charge in [-0.2, -0.15) is 11.3 Å². The van der Waals surface area contributed by atoms with Crippen LogP contribution in [0.3, 0.4) is 0 Å². The third-order valence-electron chi connectivity index (χ3n) is 5.05. The molecular formula is C21H28N2O2S. The Morgan fingerprint density at radius 2 is 1.96 bits per heavy atom. The number of aryl methyl sites for hydroxylation is 1. The van der Waals surface area contributed by atoms with Crippen molar-refractivity contribution in [1.82, 2.24) is 10.2 Å². The van der Waals surface area contributed by atoms with E-state index in [1.807, 2.05) is 12.1 Å². The van der Waals surface area contributed by atoms with E-state index in [1.165, 1.54) is 30.4 Å². The summed E-state index contributed by atoms with van der Waals surface area (Å²) in [6.07, 6.45) is 5.13. The Morgan fingerprint density at radius 1 is 1.19 bits per heavy atom. The van der Waals surface area contributed by atoms with Gasteiger partial charge in [-0.3, -0.25) is 9.69 Å². The van der Waals surface area contributed by atoms with E-state index in [9.17, 15) is 4.79 Å². The number of rotatable bonds is 8. The van der Waals surface area contributed by atoms with Gasteiger partial charge in [0, 0.05) is 13.0 Å². The predicted octanol–water partition coefficient (Wildman–Crippen LogP) is 4.03. The van der Waals surface area contributed by atoms with Crippen LogP contribution in [0.4, 0.5) is 0 Å². The van der Waals surface area contributed by atoms with E-state index in [-0.39, 0.29) is 11.9 Å². The number of piperidine rings is 1. The summed E-state index contributed by atoms with van der Waals surface area (Å²) in [6.45, 7) is 2.86. The zero-order chi connectivity index (χ0) is 18.2. The highest BCUT2D eigenvalue weighted by molar-refractivity contribution is 7.07. The number of methoxy groups -OCH3 is 1. The van der Waals surface area contributed by atoms with Crippen LogP contribution in [0.25, 0.3) is 0 Å². The van der Waals surface area contributed by atoms with Crippen molar-refractivity contribution in [3.05, 3.63) is 52.2 Å². The van der Waals surface area contributed by atoms with Crippen LogP contribution in [0, 0.1) is 0 Å². The molecule has 140 valence electrons. The third-order valence-corrected chi connectivity index (χ3v) is 5.78. The van der Waals surface area contributed by atoms with Gasteiger partial charge in [-0.15, -0.1) is 0 Å². The summed E-state index contributed by atoms with van der Waals surface area (Å²) in [5.41, 5.74) is 2.48. The smallest absolute Gasteiger partial charge is 0.220 e. The molecule has 1 fully saturated rings. The molecule has 1 saturated heterocycles. The summed E-state index contributed by atoms with van der Waals surface area (Å²) in [5.74, 6) is 0.998. The average molecular weight is 373 g/mol. The van der Waals surface area contributed by atoms with Crippen LogP contribution in [0.15, 0.2) is 41.1 Å². The minimum atomic E-state index is 0.131. The molecule has 4 nitrogen and oxygen atoms in total. The van der Waals surface area contributed by atoms with E-state index in [4.69, 9.17) is 4.74 Å². The van der Waals surface area contributed by atoms with E-state index in [0.29, 0.717) is 13.0 Å². The van der Waals surface area contributed by atoms with E-state index < -0.39 is 0 Å². The fraction of sp³-hybridized carbons (Fsp3) is 0.476. The highest BCUT2D eigenvalue weighted by atomic mass is 32.1. The maximum Gasteiger partial charge on any atom is 0.220 e. The minimum absolute atomic E-state index is 0.131. The number of ether oxygens (including phenoxy) is 1. The van der Waals surface area contributed by atoms with Crippen molar-refractivity contribution in [1.29, 1.82) is 0 Å². The first-order chi connectivity index (χ1) is 12.8. The van der Waals surface area contributed by atoms with Crippen molar-refractivity contribution >= 4 is 17.2 Å². The SMILES string of the molecule is COc1ccc(C(CNC(=O)CCc2ccsc2)N2CCCCC2)cc1. The van der Waals surface area contributed by atoms with Crippen LogP contribution in [0.5, 0.6) is 5.75 Å². The number of nitrogens with one attached hydrogen (secondary N) is 1. The number of benzene rings is 1. The number of nitrogens with zero attached hydrogens (tertiary/aromatic N) is 1. The Hall–Kier alpha value is -1.85. The molecular weight excluding hydrogens is 344 g/mol. The molecule has 1 aromatic carbocycles. The number of carbonyl (C=O) groups excluding carboxylic acids is 1. The normalized spacial score (nSPS) is 16.2. The van der Waals surface area contributed by atoms with Crippen molar-refractivity contribution in [3.8, 4) is 5.75 Å². The molecule has 3 rings (SSSR count). The third kappa shape index (κ3) is 5.32. The van der Waals surface area contributed by atoms with Gasteiger partial charge < -0.3 is 10.1 Å². The average Bonchev–Trinajstić information content (AvgIpc) is 3.21. The molecule has 0 aliphatic carbocycles. The van der Waals surface area contributed by atoms with Gasteiger partial charge in [-0.05, 0) is 72.4 Å². The van der Waals surface area contributed by atoms with Gasteiger partial charge in [-0.1, -0.05) is 18.6 Å². The van der Waals surface area contributed by atoms with E-state index >= 15 is 0 Å². The number of thiophene rings is 1. The first-order valence-electron chi connectivity index (χ1n) is 9.42. The molecule has 26 heavy (non-hydrogen) atoms. The second-order valence-electron chi connectivity index (χ2n) is 6.82. The zero-order valence-electron chi connectivity index (χ0n) is 15.4. The predicted molar refractivity (Wildman–Crippen MR) is 107 cm³/mol. The molecule has 1 aliphatic rings. The van der Waals surface area contributed by atoms with Crippen LogP contribution in [-0.2, 0) is 11.2 Å². The summed E-state index contributed by atoms with van der Waals surface area (Å²) in [7, 11) is 1.69. The van der Waals surface area contributed by atoms with E-state index in [0.717, 1.165) is 25.3 Å². The number of hydrogen-bond acceptors (Lipinski definition) is 4. The zero-order valence-corrected chi connectivity index (χ0v) is 16.3. The maximum absolute atomic E-state index is 12.3. The lowest BCUT2D eigenvalue weighted by atomic mass is 10.0. The molecule has 5 heteroatoms. The Balaban J connectivity index is 1.59. The largest absolute Gasteiger partial charge is 0.497 e. The van der Waals surface area contributed by atoms with E-state index in [2.05, 4.69) is 39.2 Å². The highest BCUT2D eigenvalue weighted by Crippen LogP contribution is 2.26. The topological polar surface area (TPSA) is 41.6 Å². The summed E-state index contributed by atoms with van der Waals surface area (Å²) >= 11 is 1.68. The fourth-order valence-corrected chi connectivity index (χ4v) is 4.21. The summed E-state index contributed by atoms with van der Waals surface area (Å²) < 4.78 is 5.28. The van der Waals surface area contributed by atoms with Gasteiger partial charge in [0.15, 0.2) is 0 Å². The van der Waals surface area contributed by atoms with Crippen LogP contribution >= 0.6 is 11.3 Å². The molecule has 1 aliphatic heterocycles. The van der Waals surface area contributed by atoms with Crippen molar-refractivity contribution in [3.63, 3.8) is 0 Å². The van der Waals surface area contributed by atoms with Gasteiger partial charge in [0.1, 0.15) is 5.75 Å². The molecule has 1 unspecified atom stereocenters. The minimum Gasteiger partial charge on any atom is -0.497 e. The Kier molecular flexibility index (Phi) is 7.09. The van der Waals surface area contributed by atoms with Gasteiger partial charge in [0.2, 0.25) is 5.91 Å². The van der Waals surface area contributed by atoms with Gasteiger partial charge in [-0.25, -0.2) is 0 Å². The molecule has 1 aromatic heterocycles. The first-order valence-corrected chi connectivity index (χ1v) is 10.4. The Labute approximate surface area is 160 Å². The second-order valence-corrected chi connectivity index (χ2v) is 7.60.